The fraction of sp³-hybridized carbons (Fsp3) is 0.333. The van der Waals surface area contributed by atoms with E-state index in [1.165, 1.54) is 0 Å². The van der Waals surface area contributed by atoms with Crippen molar-refractivity contribution < 1.29 is 9.21 Å². The molecule has 0 aliphatic heterocycles. The molecular formula is C15H17ClN2O2. The number of anilines is 1. The lowest BCUT2D eigenvalue weighted by molar-refractivity contribution is -0.122. The van der Waals surface area contributed by atoms with Gasteiger partial charge in [0.25, 0.3) is 0 Å². The smallest absolute Gasteiger partial charge is 0.231 e. The number of hydrogen-bond acceptors (Lipinski definition) is 3. The fourth-order valence-corrected chi connectivity index (χ4v) is 1.70. The van der Waals surface area contributed by atoms with Gasteiger partial charge >= 0.3 is 0 Å². The van der Waals surface area contributed by atoms with E-state index in [2.05, 4.69) is 10.3 Å². The first-order valence-corrected chi connectivity index (χ1v) is 6.86. The molecule has 0 saturated heterocycles. The van der Waals surface area contributed by atoms with Crippen molar-refractivity contribution in [2.45, 2.75) is 20.8 Å². The summed E-state index contributed by atoms with van der Waals surface area (Å²) in [5, 5.41) is 2.85. The fourth-order valence-electron chi connectivity index (χ4n) is 1.58. The third-order valence-corrected chi connectivity index (χ3v) is 3.67. The van der Waals surface area contributed by atoms with Crippen LogP contribution in [0.15, 0.2) is 34.9 Å². The van der Waals surface area contributed by atoms with E-state index < -0.39 is 5.41 Å². The highest BCUT2D eigenvalue weighted by atomic mass is 35.5. The Morgan fingerprint density at radius 3 is 2.50 bits per heavy atom. The lowest BCUT2D eigenvalue weighted by Crippen LogP contribution is -2.32. The van der Waals surface area contributed by atoms with Crippen molar-refractivity contribution in [3.8, 4) is 11.3 Å². The zero-order chi connectivity index (χ0) is 14.8. The summed E-state index contributed by atoms with van der Waals surface area (Å²) in [5.74, 6) is 0.800. The number of hydrogen-bond donors (Lipinski definition) is 1. The maximum absolute atomic E-state index is 12.0. The lowest BCUT2D eigenvalue weighted by Gasteiger charge is -2.20. The molecule has 1 heterocycles. The molecule has 1 aromatic heterocycles. The monoisotopic (exact) mass is 292 g/mol. The summed E-state index contributed by atoms with van der Waals surface area (Å²) in [6.45, 7) is 5.41. The summed E-state index contributed by atoms with van der Waals surface area (Å²) in [6, 6.07) is 7.45. The minimum Gasteiger partial charge on any atom is -0.449 e. The number of oxazole rings is 1. The van der Waals surface area contributed by atoms with Crippen LogP contribution in [0.3, 0.4) is 0 Å². The van der Waals surface area contributed by atoms with Crippen LogP contribution in [-0.2, 0) is 4.79 Å². The predicted molar refractivity (Wildman–Crippen MR) is 79.8 cm³/mol. The van der Waals surface area contributed by atoms with Crippen molar-refractivity contribution in [1.82, 2.24) is 4.98 Å². The molecule has 2 aromatic rings. The highest BCUT2D eigenvalue weighted by molar-refractivity contribution is 6.20. The normalized spacial score (nSPS) is 11.4. The summed E-state index contributed by atoms with van der Waals surface area (Å²) in [5.41, 5.74) is 1.86. The molecule has 2 rings (SSSR count). The Morgan fingerprint density at radius 1 is 1.35 bits per heavy atom. The molecule has 0 spiro atoms. The second-order valence-corrected chi connectivity index (χ2v) is 5.57. The first-order chi connectivity index (χ1) is 9.42. The van der Waals surface area contributed by atoms with Gasteiger partial charge in [0.15, 0.2) is 5.89 Å². The molecule has 0 saturated carbocycles. The van der Waals surface area contributed by atoms with E-state index in [0.717, 1.165) is 16.9 Å². The molecule has 4 nitrogen and oxygen atoms in total. The Bertz CT molecular complexity index is 603. The highest BCUT2D eigenvalue weighted by Crippen LogP contribution is 2.23. The van der Waals surface area contributed by atoms with Gasteiger partial charge in [-0.2, -0.15) is 0 Å². The van der Waals surface area contributed by atoms with E-state index >= 15 is 0 Å². The molecule has 0 aliphatic carbocycles. The van der Waals surface area contributed by atoms with Gasteiger partial charge in [0.2, 0.25) is 5.91 Å². The third-order valence-electron chi connectivity index (χ3n) is 3.01. The first-order valence-electron chi connectivity index (χ1n) is 6.32. The predicted octanol–water partition coefficient (Wildman–Crippen LogP) is 3.85. The quantitative estimate of drug-likeness (QED) is 0.871. The topological polar surface area (TPSA) is 55.1 Å². The van der Waals surface area contributed by atoms with Crippen LogP contribution in [0.4, 0.5) is 5.69 Å². The largest absolute Gasteiger partial charge is 0.449 e. The van der Waals surface area contributed by atoms with Crippen LogP contribution in [0.25, 0.3) is 11.3 Å². The molecule has 1 amide bonds. The molecule has 1 aromatic carbocycles. The number of carbonyl (C=O) groups is 1. The molecule has 0 aliphatic rings. The standard InChI is InChI=1S/C15H17ClN2O2/c1-10-17-13(8-20-10)11-4-6-12(7-5-11)18-14(19)15(2,3)9-16/h4-8H,9H2,1-3H3,(H,18,19). The van der Waals surface area contributed by atoms with Gasteiger partial charge in [-0.25, -0.2) is 4.98 Å². The van der Waals surface area contributed by atoms with Crippen LogP contribution in [0, 0.1) is 12.3 Å². The number of alkyl halides is 1. The van der Waals surface area contributed by atoms with E-state index in [4.69, 9.17) is 16.0 Å². The number of amides is 1. The first kappa shape index (κ1) is 14.6. The molecule has 5 heteroatoms. The molecule has 0 bridgehead atoms. The second kappa shape index (κ2) is 5.67. The number of rotatable bonds is 4. The second-order valence-electron chi connectivity index (χ2n) is 5.30. The van der Waals surface area contributed by atoms with Crippen LogP contribution in [-0.4, -0.2) is 16.8 Å². The maximum atomic E-state index is 12.0. The molecule has 0 fully saturated rings. The van der Waals surface area contributed by atoms with Crippen LogP contribution in [0.2, 0.25) is 0 Å². The average Bonchev–Trinajstić information content (AvgIpc) is 2.86. The Morgan fingerprint density at radius 2 is 2.00 bits per heavy atom. The number of benzene rings is 1. The van der Waals surface area contributed by atoms with Gasteiger partial charge in [-0.3, -0.25) is 4.79 Å². The minimum absolute atomic E-state index is 0.0995. The number of nitrogens with zero attached hydrogens (tertiary/aromatic N) is 1. The van der Waals surface area contributed by atoms with Crippen LogP contribution < -0.4 is 5.32 Å². The van der Waals surface area contributed by atoms with E-state index in [1.54, 1.807) is 13.2 Å². The SMILES string of the molecule is Cc1nc(-c2ccc(NC(=O)C(C)(C)CCl)cc2)co1. The number of aryl methyl sites for hydroxylation is 1. The number of nitrogens with one attached hydrogen (secondary N) is 1. The summed E-state index contributed by atoms with van der Waals surface area (Å²) in [6.07, 6.45) is 1.61. The van der Waals surface area contributed by atoms with Gasteiger partial charge in [-0.15, -0.1) is 11.6 Å². The van der Waals surface area contributed by atoms with E-state index in [-0.39, 0.29) is 11.8 Å². The van der Waals surface area contributed by atoms with Crippen LogP contribution in [0.5, 0.6) is 0 Å². The molecule has 0 unspecified atom stereocenters. The third kappa shape index (κ3) is 3.20. The number of carbonyl (C=O) groups excluding carboxylic acids is 1. The lowest BCUT2D eigenvalue weighted by atomic mass is 9.95. The average molecular weight is 293 g/mol. The highest BCUT2D eigenvalue weighted by Gasteiger charge is 2.26. The van der Waals surface area contributed by atoms with Crippen LogP contribution >= 0.6 is 11.6 Å². The Balaban J connectivity index is 2.11. The number of aromatic nitrogens is 1. The molecule has 0 radical (unpaired) electrons. The summed E-state index contributed by atoms with van der Waals surface area (Å²) in [7, 11) is 0. The molecule has 20 heavy (non-hydrogen) atoms. The maximum Gasteiger partial charge on any atom is 0.231 e. The zero-order valence-electron chi connectivity index (χ0n) is 11.7. The van der Waals surface area contributed by atoms with Crippen molar-refractivity contribution in [3.63, 3.8) is 0 Å². The van der Waals surface area contributed by atoms with Gasteiger partial charge in [-0.05, 0) is 26.0 Å². The van der Waals surface area contributed by atoms with E-state index in [1.807, 2.05) is 38.1 Å². The van der Waals surface area contributed by atoms with E-state index in [0.29, 0.717) is 5.89 Å². The zero-order valence-corrected chi connectivity index (χ0v) is 12.5. The molecule has 106 valence electrons. The van der Waals surface area contributed by atoms with Crippen molar-refractivity contribution in [1.29, 1.82) is 0 Å². The Hall–Kier alpha value is -1.81. The number of halogens is 1. The molecular weight excluding hydrogens is 276 g/mol. The van der Waals surface area contributed by atoms with Crippen LogP contribution in [0.1, 0.15) is 19.7 Å². The van der Waals surface area contributed by atoms with Crippen molar-refractivity contribution in [2.24, 2.45) is 5.41 Å². The van der Waals surface area contributed by atoms with Gasteiger partial charge in [-0.1, -0.05) is 12.1 Å². The minimum atomic E-state index is -0.594. The van der Waals surface area contributed by atoms with Gasteiger partial charge < -0.3 is 9.73 Å². The Labute approximate surface area is 123 Å². The van der Waals surface area contributed by atoms with E-state index in [9.17, 15) is 4.79 Å². The van der Waals surface area contributed by atoms with Crippen molar-refractivity contribution in [3.05, 3.63) is 36.4 Å². The molecule has 1 N–H and O–H groups in total. The van der Waals surface area contributed by atoms with Gasteiger partial charge in [0.05, 0.1) is 5.41 Å². The van der Waals surface area contributed by atoms with Crippen molar-refractivity contribution in [2.75, 3.05) is 11.2 Å². The van der Waals surface area contributed by atoms with Gasteiger partial charge in [0.1, 0.15) is 12.0 Å². The van der Waals surface area contributed by atoms with Crippen molar-refractivity contribution >= 4 is 23.2 Å². The summed E-state index contributed by atoms with van der Waals surface area (Å²) < 4.78 is 5.18. The Kier molecular flexibility index (Phi) is 4.14. The summed E-state index contributed by atoms with van der Waals surface area (Å²) >= 11 is 5.78. The summed E-state index contributed by atoms with van der Waals surface area (Å²) in [4.78, 5) is 16.3. The molecule has 0 atom stereocenters. The van der Waals surface area contributed by atoms with Gasteiger partial charge in [0, 0.05) is 24.1 Å².